The summed E-state index contributed by atoms with van der Waals surface area (Å²) < 4.78 is 0. The second kappa shape index (κ2) is 5.24. The zero-order valence-electron chi connectivity index (χ0n) is 9.02. The fraction of sp³-hybridized carbons (Fsp3) is 0.583. The van der Waals surface area contributed by atoms with Crippen LogP contribution in [-0.4, -0.2) is 17.6 Å². The molecule has 1 aliphatic rings. The molecule has 0 aromatic carbocycles. The lowest BCUT2D eigenvalue weighted by Crippen LogP contribution is -2.35. The van der Waals surface area contributed by atoms with Crippen molar-refractivity contribution in [1.29, 1.82) is 0 Å². The molecule has 1 fully saturated rings. The highest BCUT2D eigenvalue weighted by Gasteiger charge is 2.19. The van der Waals surface area contributed by atoms with Crippen molar-refractivity contribution in [3.05, 3.63) is 30.1 Å². The molecule has 0 aliphatic heterocycles. The molecule has 0 bridgehead atoms. The number of hydrogen-bond donors (Lipinski definition) is 2. The predicted octanol–water partition coefficient (Wildman–Crippen LogP) is 1.61. The predicted molar refractivity (Wildman–Crippen MR) is 61.4 cm³/mol. The van der Waals surface area contributed by atoms with Crippen LogP contribution >= 0.6 is 0 Å². The van der Waals surface area contributed by atoms with Gasteiger partial charge in [0.05, 0.1) is 0 Å². The molecule has 15 heavy (non-hydrogen) atoms. The van der Waals surface area contributed by atoms with Crippen LogP contribution in [0.2, 0.25) is 0 Å². The molecule has 0 amide bonds. The van der Waals surface area contributed by atoms with Gasteiger partial charge in [0, 0.05) is 31.0 Å². The maximum absolute atomic E-state index is 5.79. The first-order chi connectivity index (χ1) is 7.40. The summed E-state index contributed by atoms with van der Waals surface area (Å²) in [5, 5.41) is 3.62. The highest BCUT2D eigenvalue weighted by atomic mass is 15.0. The van der Waals surface area contributed by atoms with Crippen LogP contribution in [0.15, 0.2) is 24.5 Å². The minimum absolute atomic E-state index is 0.266. The van der Waals surface area contributed by atoms with E-state index >= 15 is 0 Å². The monoisotopic (exact) mass is 205 g/mol. The van der Waals surface area contributed by atoms with Crippen LogP contribution in [0.25, 0.3) is 0 Å². The van der Waals surface area contributed by atoms with Crippen LogP contribution in [0.1, 0.15) is 37.3 Å². The number of rotatable bonds is 4. The quantitative estimate of drug-likeness (QED) is 0.785. The van der Waals surface area contributed by atoms with Crippen molar-refractivity contribution in [1.82, 2.24) is 10.3 Å². The molecule has 0 saturated heterocycles. The highest BCUT2D eigenvalue weighted by molar-refractivity contribution is 5.14. The van der Waals surface area contributed by atoms with E-state index in [2.05, 4.69) is 16.4 Å². The van der Waals surface area contributed by atoms with Crippen molar-refractivity contribution in [2.75, 3.05) is 6.54 Å². The van der Waals surface area contributed by atoms with E-state index in [4.69, 9.17) is 5.73 Å². The van der Waals surface area contributed by atoms with Crippen LogP contribution in [0, 0.1) is 0 Å². The summed E-state index contributed by atoms with van der Waals surface area (Å²) in [4.78, 5) is 4.13. The molecule has 1 unspecified atom stereocenters. The average molecular weight is 205 g/mol. The number of nitrogens with one attached hydrogen (secondary N) is 1. The van der Waals surface area contributed by atoms with Gasteiger partial charge in [-0.05, 0) is 24.5 Å². The standard InChI is InChI=1S/C12H19N3/c13-8-12(10-4-3-7-14-9-10)15-11-5-1-2-6-11/h3-4,7,9,11-12,15H,1-2,5-6,8,13H2. The Hall–Kier alpha value is -0.930. The molecule has 1 aliphatic carbocycles. The summed E-state index contributed by atoms with van der Waals surface area (Å²) >= 11 is 0. The Morgan fingerprint density at radius 2 is 2.27 bits per heavy atom. The van der Waals surface area contributed by atoms with E-state index in [0.29, 0.717) is 12.6 Å². The molecule has 1 aromatic rings. The van der Waals surface area contributed by atoms with Crippen LogP contribution in [-0.2, 0) is 0 Å². The molecule has 0 spiro atoms. The Balaban J connectivity index is 1.97. The van der Waals surface area contributed by atoms with Gasteiger partial charge in [0.15, 0.2) is 0 Å². The van der Waals surface area contributed by atoms with Crippen LogP contribution in [0.4, 0.5) is 0 Å². The Labute approximate surface area is 91.1 Å². The van der Waals surface area contributed by atoms with Gasteiger partial charge in [-0.1, -0.05) is 18.9 Å². The second-order valence-corrected chi connectivity index (χ2v) is 4.22. The molecule has 1 atom stereocenters. The molecule has 1 aromatic heterocycles. The minimum atomic E-state index is 0.266. The zero-order valence-corrected chi connectivity index (χ0v) is 9.02. The molecule has 1 saturated carbocycles. The SMILES string of the molecule is NCC(NC1CCCC1)c1cccnc1. The normalized spacial score (nSPS) is 19.3. The summed E-state index contributed by atoms with van der Waals surface area (Å²) in [6.07, 6.45) is 8.98. The lowest BCUT2D eigenvalue weighted by molar-refractivity contribution is 0.444. The van der Waals surface area contributed by atoms with Crippen molar-refractivity contribution in [3.8, 4) is 0 Å². The summed E-state index contributed by atoms with van der Waals surface area (Å²) in [5.41, 5.74) is 6.99. The summed E-state index contributed by atoms with van der Waals surface area (Å²) in [6.45, 7) is 0.641. The van der Waals surface area contributed by atoms with Crippen LogP contribution in [0.3, 0.4) is 0 Å². The highest BCUT2D eigenvalue weighted by Crippen LogP contribution is 2.21. The summed E-state index contributed by atoms with van der Waals surface area (Å²) in [6, 6.07) is 4.97. The van der Waals surface area contributed by atoms with Crippen molar-refractivity contribution in [2.45, 2.75) is 37.8 Å². The largest absolute Gasteiger partial charge is 0.329 e. The number of nitrogens with zero attached hydrogens (tertiary/aromatic N) is 1. The first-order valence-corrected chi connectivity index (χ1v) is 5.76. The molecule has 2 rings (SSSR count). The molecule has 82 valence electrons. The second-order valence-electron chi connectivity index (χ2n) is 4.22. The topological polar surface area (TPSA) is 50.9 Å². The van der Waals surface area contributed by atoms with E-state index in [0.717, 1.165) is 0 Å². The summed E-state index contributed by atoms with van der Waals surface area (Å²) in [5.74, 6) is 0. The van der Waals surface area contributed by atoms with Crippen LogP contribution < -0.4 is 11.1 Å². The third-order valence-electron chi connectivity index (χ3n) is 3.11. The van der Waals surface area contributed by atoms with E-state index in [-0.39, 0.29) is 6.04 Å². The first kappa shape index (κ1) is 10.6. The third-order valence-corrected chi connectivity index (χ3v) is 3.11. The molecule has 3 heteroatoms. The Morgan fingerprint density at radius 3 is 2.87 bits per heavy atom. The fourth-order valence-electron chi connectivity index (χ4n) is 2.26. The van der Waals surface area contributed by atoms with Crippen LogP contribution in [0.5, 0.6) is 0 Å². The van der Waals surface area contributed by atoms with E-state index in [1.165, 1.54) is 31.2 Å². The van der Waals surface area contributed by atoms with Gasteiger partial charge in [0.2, 0.25) is 0 Å². The first-order valence-electron chi connectivity index (χ1n) is 5.76. The summed E-state index contributed by atoms with van der Waals surface area (Å²) in [7, 11) is 0. The number of nitrogens with two attached hydrogens (primary N) is 1. The van der Waals surface area contributed by atoms with E-state index in [1.54, 1.807) is 6.20 Å². The van der Waals surface area contributed by atoms with Crippen molar-refractivity contribution in [3.63, 3.8) is 0 Å². The lowest BCUT2D eigenvalue weighted by Gasteiger charge is -2.21. The molecule has 1 heterocycles. The molecule has 3 N–H and O–H groups in total. The molecular formula is C12H19N3. The van der Waals surface area contributed by atoms with Crippen molar-refractivity contribution >= 4 is 0 Å². The van der Waals surface area contributed by atoms with Gasteiger partial charge in [0.1, 0.15) is 0 Å². The Bertz CT molecular complexity index is 280. The Kier molecular flexibility index (Phi) is 3.69. The van der Waals surface area contributed by atoms with Crippen molar-refractivity contribution < 1.29 is 0 Å². The molecular weight excluding hydrogens is 186 g/mol. The van der Waals surface area contributed by atoms with E-state index < -0.39 is 0 Å². The molecule has 3 nitrogen and oxygen atoms in total. The van der Waals surface area contributed by atoms with Gasteiger partial charge in [-0.3, -0.25) is 4.98 Å². The molecule has 0 radical (unpaired) electrons. The maximum atomic E-state index is 5.79. The average Bonchev–Trinajstić information content (AvgIpc) is 2.80. The van der Waals surface area contributed by atoms with Gasteiger partial charge >= 0.3 is 0 Å². The van der Waals surface area contributed by atoms with Gasteiger partial charge in [0.25, 0.3) is 0 Å². The fourth-order valence-corrected chi connectivity index (χ4v) is 2.26. The number of aromatic nitrogens is 1. The Morgan fingerprint density at radius 1 is 1.47 bits per heavy atom. The van der Waals surface area contributed by atoms with Gasteiger partial charge in [-0.15, -0.1) is 0 Å². The minimum Gasteiger partial charge on any atom is -0.329 e. The number of pyridine rings is 1. The van der Waals surface area contributed by atoms with E-state index in [1.807, 2.05) is 12.3 Å². The smallest absolute Gasteiger partial charge is 0.0462 e. The maximum Gasteiger partial charge on any atom is 0.0462 e. The van der Waals surface area contributed by atoms with E-state index in [9.17, 15) is 0 Å². The van der Waals surface area contributed by atoms with Gasteiger partial charge < -0.3 is 11.1 Å². The zero-order chi connectivity index (χ0) is 10.5. The lowest BCUT2D eigenvalue weighted by atomic mass is 10.1. The number of hydrogen-bond acceptors (Lipinski definition) is 3. The van der Waals surface area contributed by atoms with Gasteiger partial charge in [-0.2, -0.15) is 0 Å². The van der Waals surface area contributed by atoms with Gasteiger partial charge in [-0.25, -0.2) is 0 Å². The van der Waals surface area contributed by atoms with Crippen molar-refractivity contribution in [2.24, 2.45) is 5.73 Å². The third kappa shape index (κ3) is 2.76.